The number of carbonyl (C=O) groups is 1. The molecule has 7 nitrogen and oxygen atoms in total. The van der Waals surface area contributed by atoms with Crippen molar-refractivity contribution in [1.29, 1.82) is 5.26 Å². The summed E-state index contributed by atoms with van der Waals surface area (Å²) in [4.78, 5) is 21.8. The average molecular weight is 446 g/mol. The Morgan fingerprint density at radius 2 is 1.91 bits per heavy atom. The average Bonchev–Trinajstić information content (AvgIpc) is 3.55. The Bertz CT molecular complexity index is 1030. The molecule has 0 bridgehead atoms. The van der Waals surface area contributed by atoms with Gasteiger partial charge in [0.05, 0.1) is 23.9 Å². The summed E-state index contributed by atoms with van der Waals surface area (Å²) >= 11 is 0. The van der Waals surface area contributed by atoms with Crippen LogP contribution in [0.15, 0.2) is 30.3 Å². The molecule has 0 saturated carbocycles. The molecule has 0 spiro atoms. The molecular formula is C26H31N5O2. The number of pyridine rings is 1. The van der Waals surface area contributed by atoms with Crippen LogP contribution < -0.4 is 10.2 Å². The van der Waals surface area contributed by atoms with E-state index >= 15 is 0 Å². The van der Waals surface area contributed by atoms with Gasteiger partial charge in [0.1, 0.15) is 11.9 Å². The van der Waals surface area contributed by atoms with Gasteiger partial charge in [-0.15, -0.1) is 0 Å². The first-order valence-corrected chi connectivity index (χ1v) is 12.1. The molecule has 1 unspecified atom stereocenters. The highest BCUT2D eigenvalue weighted by Crippen LogP contribution is 2.37. The fraction of sp³-hybridized carbons (Fsp3) is 0.500. The Morgan fingerprint density at radius 3 is 2.64 bits per heavy atom. The van der Waals surface area contributed by atoms with Gasteiger partial charge in [-0.3, -0.25) is 9.69 Å². The molecule has 7 heteroatoms. The second kappa shape index (κ2) is 9.90. The number of nitriles is 1. The van der Waals surface area contributed by atoms with E-state index in [1.54, 1.807) is 0 Å². The molecule has 2 fully saturated rings. The maximum absolute atomic E-state index is 12.4. The van der Waals surface area contributed by atoms with Gasteiger partial charge in [0.2, 0.25) is 5.91 Å². The summed E-state index contributed by atoms with van der Waals surface area (Å²) in [6.07, 6.45) is 5.27. The van der Waals surface area contributed by atoms with E-state index in [2.05, 4.69) is 33.3 Å². The van der Waals surface area contributed by atoms with Gasteiger partial charge in [-0.2, -0.15) is 5.26 Å². The van der Waals surface area contributed by atoms with E-state index in [9.17, 15) is 10.1 Å². The Kier molecular flexibility index (Phi) is 6.56. The molecule has 33 heavy (non-hydrogen) atoms. The first kappa shape index (κ1) is 21.9. The third kappa shape index (κ3) is 4.73. The zero-order chi connectivity index (χ0) is 22.6. The number of anilines is 1. The number of hydrogen-bond acceptors (Lipinski definition) is 6. The van der Waals surface area contributed by atoms with Crippen LogP contribution in [0.4, 0.5) is 5.82 Å². The van der Waals surface area contributed by atoms with E-state index in [1.165, 1.54) is 11.1 Å². The van der Waals surface area contributed by atoms with E-state index in [-0.39, 0.29) is 12.0 Å². The van der Waals surface area contributed by atoms with Gasteiger partial charge in [0.15, 0.2) is 0 Å². The number of amides is 1. The molecule has 1 aliphatic carbocycles. The van der Waals surface area contributed by atoms with Crippen molar-refractivity contribution in [2.24, 2.45) is 0 Å². The number of aromatic nitrogens is 1. The fourth-order valence-electron chi connectivity index (χ4n) is 5.24. The molecule has 2 aliphatic heterocycles. The summed E-state index contributed by atoms with van der Waals surface area (Å²) in [5.41, 5.74) is 5.29. The zero-order valence-electron chi connectivity index (χ0n) is 19.1. The molecular weight excluding hydrogens is 414 g/mol. The van der Waals surface area contributed by atoms with Gasteiger partial charge in [0, 0.05) is 44.9 Å². The summed E-state index contributed by atoms with van der Waals surface area (Å²) < 4.78 is 5.58. The SMILES string of the molecule is N#Cc1c(N2CCN(CC(=O)NCC3CCCO3)CC2)nc(-c2ccccc2)c2c1CCC2. The molecule has 3 heterocycles. The number of benzene rings is 1. The molecule has 1 amide bonds. The number of nitrogens with one attached hydrogen (secondary N) is 1. The molecule has 2 aromatic rings. The number of carbonyl (C=O) groups excluding carboxylic acids is 1. The largest absolute Gasteiger partial charge is 0.376 e. The smallest absolute Gasteiger partial charge is 0.234 e. The lowest BCUT2D eigenvalue weighted by Gasteiger charge is -2.36. The van der Waals surface area contributed by atoms with Crippen LogP contribution in [0.5, 0.6) is 0 Å². The van der Waals surface area contributed by atoms with Gasteiger partial charge in [-0.05, 0) is 43.2 Å². The molecule has 1 aromatic heterocycles. The number of hydrogen-bond donors (Lipinski definition) is 1. The number of rotatable bonds is 6. The Hall–Kier alpha value is -2.95. The standard InChI is InChI=1S/C26H31N5O2/c27-16-23-21-9-4-10-22(21)25(19-6-2-1-3-7-19)29-26(23)31-13-11-30(12-14-31)18-24(32)28-17-20-8-5-15-33-20/h1-3,6-7,20H,4-5,8-15,17-18H2,(H,28,32). The maximum Gasteiger partial charge on any atom is 0.234 e. The normalized spacial score (nSPS) is 20.5. The second-order valence-corrected chi connectivity index (χ2v) is 9.15. The van der Waals surface area contributed by atoms with Crippen molar-refractivity contribution in [3.8, 4) is 17.3 Å². The van der Waals surface area contributed by atoms with E-state index in [4.69, 9.17) is 9.72 Å². The highest BCUT2D eigenvalue weighted by atomic mass is 16.5. The lowest BCUT2D eigenvalue weighted by Crippen LogP contribution is -2.50. The highest BCUT2D eigenvalue weighted by molar-refractivity contribution is 5.78. The van der Waals surface area contributed by atoms with Crippen molar-refractivity contribution >= 4 is 11.7 Å². The highest BCUT2D eigenvalue weighted by Gasteiger charge is 2.28. The predicted molar refractivity (Wildman–Crippen MR) is 127 cm³/mol. The minimum absolute atomic E-state index is 0.0543. The maximum atomic E-state index is 12.4. The monoisotopic (exact) mass is 445 g/mol. The third-order valence-corrected chi connectivity index (χ3v) is 7.00. The van der Waals surface area contributed by atoms with Gasteiger partial charge >= 0.3 is 0 Å². The summed E-state index contributed by atoms with van der Waals surface area (Å²) in [5.74, 6) is 0.859. The molecule has 5 rings (SSSR count). The number of ether oxygens (including phenoxy) is 1. The topological polar surface area (TPSA) is 81.5 Å². The third-order valence-electron chi connectivity index (χ3n) is 7.00. The van der Waals surface area contributed by atoms with Crippen LogP contribution in [0.2, 0.25) is 0 Å². The Balaban J connectivity index is 1.27. The fourth-order valence-corrected chi connectivity index (χ4v) is 5.24. The summed E-state index contributed by atoms with van der Waals surface area (Å²) in [6.45, 7) is 4.87. The van der Waals surface area contributed by atoms with E-state index in [0.29, 0.717) is 13.1 Å². The Labute approximate surface area is 195 Å². The summed E-state index contributed by atoms with van der Waals surface area (Å²) in [6, 6.07) is 12.8. The summed E-state index contributed by atoms with van der Waals surface area (Å²) in [7, 11) is 0. The molecule has 0 radical (unpaired) electrons. The van der Waals surface area contributed by atoms with E-state index in [0.717, 1.165) is 87.5 Å². The van der Waals surface area contributed by atoms with Gasteiger partial charge in [-0.25, -0.2) is 4.98 Å². The lowest BCUT2D eigenvalue weighted by molar-refractivity contribution is -0.122. The van der Waals surface area contributed by atoms with Crippen LogP contribution in [0.25, 0.3) is 11.3 Å². The van der Waals surface area contributed by atoms with Crippen LogP contribution in [0, 0.1) is 11.3 Å². The molecule has 2 saturated heterocycles. The van der Waals surface area contributed by atoms with Crippen LogP contribution >= 0.6 is 0 Å². The second-order valence-electron chi connectivity index (χ2n) is 9.15. The Morgan fingerprint density at radius 1 is 1.12 bits per heavy atom. The molecule has 1 aromatic carbocycles. The van der Waals surface area contributed by atoms with Crippen molar-refractivity contribution in [1.82, 2.24) is 15.2 Å². The first-order chi connectivity index (χ1) is 16.2. The van der Waals surface area contributed by atoms with E-state index in [1.807, 2.05) is 18.2 Å². The van der Waals surface area contributed by atoms with Crippen molar-refractivity contribution in [2.45, 2.75) is 38.2 Å². The van der Waals surface area contributed by atoms with Gasteiger partial charge in [-0.1, -0.05) is 30.3 Å². The lowest BCUT2D eigenvalue weighted by atomic mass is 9.98. The minimum Gasteiger partial charge on any atom is -0.376 e. The number of nitrogens with zero attached hydrogens (tertiary/aromatic N) is 4. The number of piperazine rings is 1. The van der Waals surface area contributed by atoms with E-state index < -0.39 is 0 Å². The quantitative estimate of drug-likeness (QED) is 0.736. The molecule has 1 atom stereocenters. The van der Waals surface area contributed by atoms with Crippen LogP contribution in [-0.4, -0.2) is 67.8 Å². The van der Waals surface area contributed by atoms with Crippen LogP contribution in [0.1, 0.15) is 36.0 Å². The van der Waals surface area contributed by atoms with Crippen molar-refractivity contribution in [3.05, 3.63) is 47.0 Å². The van der Waals surface area contributed by atoms with Gasteiger partial charge in [0.25, 0.3) is 0 Å². The first-order valence-electron chi connectivity index (χ1n) is 12.1. The number of fused-ring (bicyclic) bond motifs is 1. The van der Waals surface area contributed by atoms with Crippen molar-refractivity contribution in [2.75, 3.05) is 50.8 Å². The summed E-state index contributed by atoms with van der Waals surface area (Å²) in [5, 5.41) is 13.0. The van der Waals surface area contributed by atoms with Gasteiger partial charge < -0.3 is 15.0 Å². The van der Waals surface area contributed by atoms with Crippen molar-refractivity contribution < 1.29 is 9.53 Å². The van der Waals surface area contributed by atoms with Crippen LogP contribution in [-0.2, 0) is 22.4 Å². The molecule has 1 N–H and O–H groups in total. The van der Waals surface area contributed by atoms with Crippen LogP contribution in [0.3, 0.4) is 0 Å². The van der Waals surface area contributed by atoms with Crippen molar-refractivity contribution in [3.63, 3.8) is 0 Å². The zero-order valence-corrected chi connectivity index (χ0v) is 19.1. The molecule has 3 aliphatic rings. The minimum atomic E-state index is 0.0543. The predicted octanol–water partition coefficient (Wildman–Crippen LogP) is 2.53. The molecule has 172 valence electrons.